The molecule has 2 rings (SSSR count). The molecule has 2 N–H and O–H groups in total. The van der Waals surface area contributed by atoms with E-state index in [1.165, 1.54) is 0 Å². The molecule has 1 fully saturated rings. The molecule has 0 spiro atoms. The zero-order valence-electron chi connectivity index (χ0n) is 10.3. The van der Waals surface area contributed by atoms with E-state index in [1.807, 2.05) is 30.3 Å². The highest BCUT2D eigenvalue weighted by molar-refractivity contribution is 6.11. The average Bonchev–Trinajstić information content (AvgIpc) is 2.71. The fraction of sp³-hybridized carbons (Fsp3) is 0.429. The Hall–Kier alpha value is -1.68. The Balaban J connectivity index is 2.08. The molecule has 18 heavy (non-hydrogen) atoms. The second kappa shape index (κ2) is 4.90. The lowest BCUT2D eigenvalue weighted by Crippen LogP contribution is -2.48. The number of benzene rings is 1. The maximum Gasteiger partial charge on any atom is 0.259 e. The first-order valence-electron chi connectivity index (χ1n) is 6.13. The van der Waals surface area contributed by atoms with Crippen molar-refractivity contribution in [3.8, 4) is 0 Å². The summed E-state index contributed by atoms with van der Waals surface area (Å²) in [6, 6.07) is 9.59. The molecule has 2 atom stereocenters. The number of hydrogen-bond donors (Lipinski definition) is 2. The normalized spacial score (nSPS) is 24.7. The third-order valence-corrected chi connectivity index (χ3v) is 3.39. The molecule has 2 unspecified atom stereocenters. The number of aliphatic hydroxyl groups is 1. The van der Waals surface area contributed by atoms with Crippen molar-refractivity contribution >= 4 is 11.7 Å². The van der Waals surface area contributed by atoms with Gasteiger partial charge < -0.3 is 10.4 Å². The molecule has 1 aliphatic rings. The lowest BCUT2D eigenvalue weighted by atomic mass is 9.85. The predicted molar refractivity (Wildman–Crippen MR) is 66.9 cm³/mol. The summed E-state index contributed by atoms with van der Waals surface area (Å²) < 4.78 is 0. The third kappa shape index (κ3) is 2.29. The molecule has 0 radical (unpaired) electrons. The molecule has 4 heteroatoms. The summed E-state index contributed by atoms with van der Waals surface area (Å²) >= 11 is 0. The van der Waals surface area contributed by atoms with E-state index in [0.29, 0.717) is 13.0 Å². The van der Waals surface area contributed by atoms with Gasteiger partial charge in [-0.3, -0.25) is 9.59 Å². The molecule has 1 aromatic rings. The van der Waals surface area contributed by atoms with Gasteiger partial charge in [-0.05, 0) is 12.0 Å². The number of ketones is 1. The van der Waals surface area contributed by atoms with Crippen LogP contribution in [-0.2, 0) is 16.0 Å². The highest BCUT2D eigenvalue weighted by Gasteiger charge is 2.48. The van der Waals surface area contributed by atoms with Crippen molar-refractivity contribution in [3.05, 3.63) is 35.9 Å². The summed E-state index contributed by atoms with van der Waals surface area (Å²) in [7, 11) is 0. The van der Waals surface area contributed by atoms with Gasteiger partial charge in [0.2, 0.25) is 5.60 Å². The molecular weight excluding hydrogens is 230 g/mol. The number of nitrogens with one attached hydrogen (secondary N) is 1. The lowest BCUT2D eigenvalue weighted by Gasteiger charge is -2.21. The zero-order valence-corrected chi connectivity index (χ0v) is 10.3. The Morgan fingerprint density at radius 1 is 1.44 bits per heavy atom. The fourth-order valence-electron chi connectivity index (χ4n) is 2.32. The van der Waals surface area contributed by atoms with Crippen LogP contribution in [0.25, 0.3) is 0 Å². The maximum atomic E-state index is 12.2. The summed E-state index contributed by atoms with van der Waals surface area (Å²) in [4.78, 5) is 23.7. The van der Waals surface area contributed by atoms with Gasteiger partial charge in [-0.2, -0.15) is 0 Å². The predicted octanol–water partition coefficient (Wildman–Crippen LogP) is 0.685. The molecule has 1 aromatic carbocycles. The number of carbonyl (C=O) groups excluding carboxylic acids is 2. The minimum absolute atomic E-state index is 0.170. The van der Waals surface area contributed by atoms with Crippen molar-refractivity contribution in [2.24, 2.45) is 5.92 Å². The van der Waals surface area contributed by atoms with Crippen LogP contribution in [-0.4, -0.2) is 28.9 Å². The molecule has 1 heterocycles. The molecule has 0 saturated carbocycles. The second-order valence-corrected chi connectivity index (χ2v) is 4.82. The molecule has 4 nitrogen and oxygen atoms in total. The Kier molecular flexibility index (Phi) is 3.48. The summed E-state index contributed by atoms with van der Waals surface area (Å²) in [6.45, 7) is 2.11. The number of rotatable bonds is 4. The van der Waals surface area contributed by atoms with Crippen LogP contribution >= 0.6 is 0 Å². The Labute approximate surface area is 106 Å². The van der Waals surface area contributed by atoms with Crippen LogP contribution in [0.1, 0.15) is 18.9 Å². The Morgan fingerprint density at radius 3 is 2.67 bits per heavy atom. The van der Waals surface area contributed by atoms with Gasteiger partial charge in [-0.1, -0.05) is 37.3 Å². The minimum Gasteiger partial charge on any atom is -0.373 e. The van der Waals surface area contributed by atoms with Gasteiger partial charge in [0.1, 0.15) is 0 Å². The quantitative estimate of drug-likeness (QED) is 0.769. The third-order valence-electron chi connectivity index (χ3n) is 3.39. The molecule has 1 aliphatic heterocycles. The van der Waals surface area contributed by atoms with E-state index in [4.69, 9.17) is 0 Å². The van der Waals surface area contributed by atoms with E-state index >= 15 is 0 Å². The average molecular weight is 247 g/mol. The van der Waals surface area contributed by atoms with Gasteiger partial charge in [0.15, 0.2) is 5.78 Å². The topological polar surface area (TPSA) is 66.4 Å². The van der Waals surface area contributed by atoms with Gasteiger partial charge in [0.25, 0.3) is 5.91 Å². The molecule has 0 bridgehead atoms. The highest BCUT2D eigenvalue weighted by atomic mass is 16.3. The largest absolute Gasteiger partial charge is 0.373 e. The van der Waals surface area contributed by atoms with Gasteiger partial charge in [-0.15, -0.1) is 0 Å². The zero-order chi connectivity index (χ0) is 13.2. The molecule has 1 amide bonds. The van der Waals surface area contributed by atoms with Crippen molar-refractivity contribution in [1.82, 2.24) is 5.32 Å². The van der Waals surface area contributed by atoms with E-state index in [0.717, 1.165) is 5.56 Å². The van der Waals surface area contributed by atoms with Gasteiger partial charge in [0.05, 0.1) is 0 Å². The monoisotopic (exact) mass is 247 g/mol. The van der Waals surface area contributed by atoms with Gasteiger partial charge in [-0.25, -0.2) is 0 Å². The SMILES string of the molecule is CC(Cc1ccccc1)C(=O)C1(O)CCNC1=O. The molecule has 96 valence electrons. The van der Waals surface area contributed by atoms with Crippen LogP contribution in [0.4, 0.5) is 0 Å². The Morgan fingerprint density at radius 2 is 2.11 bits per heavy atom. The standard InChI is InChI=1S/C14H17NO3/c1-10(9-11-5-3-2-4-6-11)12(16)14(18)7-8-15-13(14)17/h2-6,10,18H,7-9H2,1H3,(H,15,17). The Bertz CT molecular complexity index is 457. The minimum atomic E-state index is -1.83. The summed E-state index contributed by atoms with van der Waals surface area (Å²) in [5, 5.41) is 12.6. The van der Waals surface area contributed by atoms with Crippen LogP contribution in [0.3, 0.4) is 0 Å². The summed E-state index contributed by atoms with van der Waals surface area (Å²) in [5.74, 6) is -1.32. The number of Topliss-reactive ketones (excluding diaryl/α,β-unsaturated/α-hetero) is 1. The van der Waals surface area contributed by atoms with Crippen LogP contribution < -0.4 is 5.32 Å². The van der Waals surface area contributed by atoms with Crippen molar-refractivity contribution in [2.45, 2.75) is 25.4 Å². The van der Waals surface area contributed by atoms with E-state index in [2.05, 4.69) is 5.32 Å². The molecular formula is C14H17NO3. The maximum absolute atomic E-state index is 12.2. The van der Waals surface area contributed by atoms with Crippen LogP contribution in [0.5, 0.6) is 0 Å². The van der Waals surface area contributed by atoms with Crippen molar-refractivity contribution < 1.29 is 14.7 Å². The van der Waals surface area contributed by atoms with Crippen LogP contribution in [0.15, 0.2) is 30.3 Å². The van der Waals surface area contributed by atoms with Crippen molar-refractivity contribution in [2.75, 3.05) is 6.54 Å². The van der Waals surface area contributed by atoms with Crippen molar-refractivity contribution in [3.63, 3.8) is 0 Å². The van der Waals surface area contributed by atoms with Crippen molar-refractivity contribution in [1.29, 1.82) is 0 Å². The lowest BCUT2D eigenvalue weighted by molar-refractivity contribution is -0.151. The van der Waals surface area contributed by atoms with Gasteiger partial charge in [0, 0.05) is 18.9 Å². The second-order valence-electron chi connectivity index (χ2n) is 4.82. The highest BCUT2D eigenvalue weighted by Crippen LogP contribution is 2.23. The molecule has 1 saturated heterocycles. The van der Waals surface area contributed by atoms with E-state index in [1.54, 1.807) is 6.92 Å². The first-order chi connectivity index (χ1) is 8.54. The molecule has 0 aliphatic carbocycles. The van der Waals surface area contributed by atoms with Crippen LogP contribution in [0, 0.1) is 5.92 Å². The van der Waals surface area contributed by atoms with E-state index < -0.39 is 11.5 Å². The van der Waals surface area contributed by atoms with Crippen LogP contribution in [0.2, 0.25) is 0 Å². The van der Waals surface area contributed by atoms with E-state index in [-0.39, 0.29) is 18.1 Å². The van der Waals surface area contributed by atoms with E-state index in [9.17, 15) is 14.7 Å². The number of hydrogen-bond acceptors (Lipinski definition) is 3. The fourth-order valence-corrected chi connectivity index (χ4v) is 2.32. The van der Waals surface area contributed by atoms with Gasteiger partial charge >= 0.3 is 0 Å². The summed E-state index contributed by atoms with van der Waals surface area (Å²) in [5.41, 5.74) is -0.797. The first-order valence-corrected chi connectivity index (χ1v) is 6.13. The molecule has 0 aromatic heterocycles. The smallest absolute Gasteiger partial charge is 0.259 e. The number of carbonyl (C=O) groups is 2. The summed E-state index contributed by atoms with van der Waals surface area (Å²) in [6.07, 6.45) is 0.707. The number of amides is 1. The first kappa shape index (κ1) is 12.8.